The zero-order valence-electron chi connectivity index (χ0n) is 11.6. The van der Waals surface area contributed by atoms with Crippen molar-refractivity contribution in [3.05, 3.63) is 35.4 Å². The van der Waals surface area contributed by atoms with Crippen molar-refractivity contribution in [3.8, 4) is 0 Å². The van der Waals surface area contributed by atoms with Crippen molar-refractivity contribution in [3.63, 3.8) is 0 Å². The molecular formula is C16H23NS. The van der Waals surface area contributed by atoms with Crippen molar-refractivity contribution in [1.82, 2.24) is 5.32 Å². The van der Waals surface area contributed by atoms with E-state index in [-0.39, 0.29) is 4.87 Å². The van der Waals surface area contributed by atoms with Gasteiger partial charge in [-0.05, 0) is 35.8 Å². The molecule has 0 saturated carbocycles. The van der Waals surface area contributed by atoms with Crippen molar-refractivity contribution >= 4 is 11.8 Å². The molecule has 2 heteroatoms. The van der Waals surface area contributed by atoms with Gasteiger partial charge in [0.25, 0.3) is 0 Å². The molecule has 0 aromatic heterocycles. The average Bonchev–Trinajstić information content (AvgIpc) is 2.80. The third-order valence-corrected chi connectivity index (χ3v) is 6.26. The minimum absolute atomic E-state index is 0.201. The van der Waals surface area contributed by atoms with Crippen LogP contribution in [0.5, 0.6) is 0 Å². The zero-order chi connectivity index (χ0) is 12.8. The Hall–Kier alpha value is -0.470. The molecule has 0 radical (unpaired) electrons. The normalized spacial score (nSPS) is 33.6. The first-order valence-electron chi connectivity index (χ1n) is 7.09. The smallest absolute Gasteiger partial charge is 0.0907 e. The van der Waals surface area contributed by atoms with E-state index in [1.807, 2.05) is 0 Å². The molecule has 1 aromatic carbocycles. The largest absolute Gasteiger partial charge is 0.295 e. The van der Waals surface area contributed by atoms with E-state index in [2.05, 4.69) is 62.1 Å². The Morgan fingerprint density at radius 2 is 1.94 bits per heavy atom. The van der Waals surface area contributed by atoms with E-state index in [0.29, 0.717) is 11.5 Å². The van der Waals surface area contributed by atoms with E-state index in [4.69, 9.17) is 0 Å². The summed E-state index contributed by atoms with van der Waals surface area (Å²) in [4.78, 5) is 0.201. The molecular weight excluding hydrogens is 238 g/mol. The summed E-state index contributed by atoms with van der Waals surface area (Å²) in [6.45, 7) is 7.06. The molecule has 1 aromatic rings. The van der Waals surface area contributed by atoms with Crippen LogP contribution in [-0.2, 0) is 10.3 Å². The fourth-order valence-corrected chi connectivity index (χ4v) is 4.99. The second kappa shape index (κ2) is 4.28. The molecule has 18 heavy (non-hydrogen) atoms. The van der Waals surface area contributed by atoms with Crippen LogP contribution >= 0.6 is 11.8 Å². The molecule has 2 aliphatic rings. The lowest BCUT2D eigenvalue weighted by Crippen LogP contribution is -2.45. The number of hydrogen-bond donors (Lipinski definition) is 1. The van der Waals surface area contributed by atoms with Gasteiger partial charge in [-0.25, -0.2) is 0 Å². The number of nitrogens with one attached hydrogen (secondary N) is 1. The van der Waals surface area contributed by atoms with Gasteiger partial charge in [-0.1, -0.05) is 45.0 Å². The highest BCUT2D eigenvalue weighted by atomic mass is 32.2. The van der Waals surface area contributed by atoms with E-state index in [1.165, 1.54) is 25.0 Å². The highest BCUT2D eigenvalue weighted by Gasteiger charge is 2.46. The van der Waals surface area contributed by atoms with Crippen LogP contribution in [0.15, 0.2) is 24.3 Å². The molecule has 0 amide bonds. The molecule has 2 unspecified atom stereocenters. The van der Waals surface area contributed by atoms with Gasteiger partial charge in [-0.15, -0.1) is 11.8 Å². The van der Waals surface area contributed by atoms with Crippen molar-refractivity contribution < 1.29 is 0 Å². The van der Waals surface area contributed by atoms with Gasteiger partial charge >= 0.3 is 0 Å². The molecule has 1 heterocycles. The summed E-state index contributed by atoms with van der Waals surface area (Å²) in [6, 6.07) is 9.75. The topological polar surface area (TPSA) is 12.0 Å². The first kappa shape index (κ1) is 12.6. The Kier molecular flexibility index (Phi) is 2.98. The van der Waals surface area contributed by atoms with Crippen molar-refractivity contribution in [2.45, 2.75) is 56.4 Å². The van der Waals surface area contributed by atoms with Gasteiger partial charge in [0, 0.05) is 11.8 Å². The van der Waals surface area contributed by atoms with Crippen molar-refractivity contribution in [2.24, 2.45) is 0 Å². The van der Waals surface area contributed by atoms with Crippen LogP contribution in [0, 0.1) is 0 Å². The van der Waals surface area contributed by atoms with Gasteiger partial charge in [0.2, 0.25) is 0 Å². The number of benzene rings is 1. The highest BCUT2D eigenvalue weighted by molar-refractivity contribution is 8.00. The first-order valence-corrected chi connectivity index (χ1v) is 8.08. The van der Waals surface area contributed by atoms with Gasteiger partial charge in [0.1, 0.15) is 0 Å². The number of hydrogen-bond acceptors (Lipinski definition) is 2. The SMILES string of the molecule is CCC1CSC2(CCC(C)(C)c3ccccc32)N1. The van der Waals surface area contributed by atoms with E-state index >= 15 is 0 Å². The summed E-state index contributed by atoms with van der Waals surface area (Å²) in [7, 11) is 0. The standard InChI is InChI=1S/C16H23NS/c1-4-12-11-18-16(17-12)10-9-15(2,3)13-7-5-6-8-14(13)16/h5-8,12,17H,4,9-11H2,1-3H3. The molecule has 2 atom stereocenters. The Labute approximate surface area is 115 Å². The molecule has 1 fully saturated rings. The monoisotopic (exact) mass is 261 g/mol. The van der Waals surface area contributed by atoms with Crippen molar-refractivity contribution in [1.29, 1.82) is 0 Å². The quantitative estimate of drug-likeness (QED) is 0.819. The molecule has 1 aliphatic heterocycles. The van der Waals surface area contributed by atoms with E-state index in [9.17, 15) is 0 Å². The molecule has 1 aliphatic carbocycles. The lowest BCUT2D eigenvalue weighted by atomic mass is 9.70. The van der Waals surface area contributed by atoms with E-state index < -0.39 is 0 Å². The predicted octanol–water partition coefficient (Wildman–Crippen LogP) is 4.03. The Balaban J connectivity index is 2.05. The Morgan fingerprint density at radius 1 is 1.22 bits per heavy atom. The van der Waals surface area contributed by atoms with Crippen LogP contribution in [0.25, 0.3) is 0 Å². The summed E-state index contributed by atoms with van der Waals surface area (Å²) < 4.78 is 0. The van der Waals surface area contributed by atoms with E-state index in [0.717, 1.165) is 0 Å². The van der Waals surface area contributed by atoms with Gasteiger partial charge < -0.3 is 0 Å². The van der Waals surface area contributed by atoms with Crippen LogP contribution in [0.4, 0.5) is 0 Å². The summed E-state index contributed by atoms with van der Waals surface area (Å²) >= 11 is 2.13. The minimum atomic E-state index is 0.201. The first-order chi connectivity index (χ1) is 8.57. The molecule has 1 N–H and O–H groups in total. The lowest BCUT2D eigenvalue weighted by molar-refractivity contribution is 0.323. The fourth-order valence-electron chi connectivity index (χ4n) is 3.36. The van der Waals surface area contributed by atoms with Crippen LogP contribution in [-0.4, -0.2) is 11.8 Å². The number of thioether (sulfide) groups is 1. The average molecular weight is 261 g/mol. The summed E-state index contributed by atoms with van der Waals surface area (Å²) in [5.41, 5.74) is 3.42. The summed E-state index contributed by atoms with van der Waals surface area (Å²) in [5.74, 6) is 1.26. The van der Waals surface area contributed by atoms with Crippen LogP contribution in [0.3, 0.4) is 0 Å². The zero-order valence-corrected chi connectivity index (χ0v) is 12.4. The molecule has 98 valence electrons. The highest BCUT2D eigenvalue weighted by Crippen LogP contribution is 2.52. The molecule has 3 rings (SSSR count). The molecule has 1 nitrogen and oxygen atoms in total. The van der Waals surface area contributed by atoms with Crippen LogP contribution in [0.2, 0.25) is 0 Å². The minimum Gasteiger partial charge on any atom is -0.295 e. The number of fused-ring (bicyclic) bond motifs is 2. The fraction of sp³-hybridized carbons (Fsp3) is 0.625. The van der Waals surface area contributed by atoms with Gasteiger partial charge in [0.15, 0.2) is 0 Å². The predicted molar refractivity (Wildman–Crippen MR) is 80.1 cm³/mol. The Morgan fingerprint density at radius 3 is 2.61 bits per heavy atom. The maximum absolute atomic E-state index is 3.91. The third kappa shape index (κ3) is 1.81. The third-order valence-electron chi connectivity index (χ3n) is 4.65. The second-order valence-electron chi connectivity index (χ2n) is 6.32. The van der Waals surface area contributed by atoms with Gasteiger partial charge in [0.05, 0.1) is 4.87 Å². The lowest BCUT2D eigenvalue weighted by Gasteiger charge is -2.43. The Bertz CT molecular complexity index is 454. The molecule has 1 saturated heterocycles. The summed E-state index contributed by atoms with van der Waals surface area (Å²) in [5, 5.41) is 3.91. The maximum Gasteiger partial charge on any atom is 0.0907 e. The molecule has 1 spiro atoms. The van der Waals surface area contributed by atoms with Gasteiger partial charge in [-0.3, -0.25) is 5.32 Å². The van der Waals surface area contributed by atoms with Crippen molar-refractivity contribution in [2.75, 3.05) is 5.75 Å². The van der Waals surface area contributed by atoms with Crippen LogP contribution in [0.1, 0.15) is 51.2 Å². The number of rotatable bonds is 1. The summed E-state index contributed by atoms with van der Waals surface area (Å²) in [6.07, 6.45) is 3.78. The van der Waals surface area contributed by atoms with Gasteiger partial charge in [-0.2, -0.15) is 0 Å². The molecule has 0 bridgehead atoms. The van der Waals surface area contributed by atoms with Crippen LogP contribution < -0.4 is 5.32 Å². The maximum atomic E-state index is 3.91. The van der Waals surface area contributed by atoms with E-state index in [1.54, 1.807) is 11.1 Å². The second-order valence-corrected chi connectivity index (χ2v) is 7.64.